The third kappa shape index (κ3) is 3.27. The van der Waals surface area contributed by atoms with Gasteiger partial charge in [0.1, 0.15) is 6.10 Å². The Balaban J connectivity index is 1.49. The predicted octanol–water partition coefficient (Wildman–Crippen LogP) is 5.18. The molecule has 0 N–H and O–H groups in total. The van der Waals surface area contributed by atoms with Crippen molar-refractivity contribution in [2.75, 3.05) is 13.9 Å². The number of hydrogen-bond acceptors (Lipinski definition) is 3. The lowest BCUT2D eigenvalue weighted by Gasteiger charge is -2.60. The van der Waals surface area contributed by atoms with E-state index in [4.69, 9.17) is 14.2 Å². The first kappa shape index (κ1) is 17.3. The van der Waals surface area contributed by atoms with E-state index in [0.29, 0.717) is 11.3 Å². The first-order chi connectivity index (χ1) is 11.6. The van der Waals surface area contributed by atoms with Crippen LogP contribution in [0.1, 0.15) is 45.4 Å². The average molecular weight is 396 g/mol. The molecule has 0 saturated heterocycles. The summed E-state index contributed by atoms with van der Waals surface area (Å²) in [5.74, 6) is 3.24. The molecule has 4 bridgehead atoms. The highest BCUT2D eigenvalue weighted by molar-refractivity contribution is 9.11. The van der Waals surface area contributed by atoms with Crippen molar-refractivity contribution < 1.29 is 14.2 Å². The van der Waals surface area contributed by atoms with Crippen molar-refractivity contribution in [1.29, 1.82) is 0 Å². The molecule has 4 fully saturated rings. The van der Waals surface area contributed by atoms with Crippen LogP contribution in [-0.4, -0.2) is 20.2 Å². The summed E-state index contributed by atoms with van der Waals surface area (Å²) in [6.45, 7) is 2.13. The van der Waals surface area contributed by atoms with Crippen LogP contribution in [0.5, 0.6) is 0 Å². The van der Waals surface area contributed by atoms with Crippen molar-refractivity contribution in [3.05, 3.63) is 28.8 Å². The molecular formula is C20H28BrO3. The molecule has 5 aliphatic carbocycles. The lowest BCUT2D eigenvalue weighted by atomic mass is 9.45. The van der Waals surface area contributed by atoms with E-state index in [1.54, 1.807) is 7.11 Å². The molecule has 5 aliphatic rings. The van der Waals surface area contributed by atoms with Crippen molar-refractivity contribution >= 4 is 15.9 Å². The molecule has 133 valence electrons. The molecule has 5 rings (SSSR count). The number of halogens is 1. The molecule has 0 heterocycles. The molecule has 0 spiro atoms. The first-order valence-electron chi connectivity index (χ1n) is 9.27. The summed E-state index contributed by atoms with van der Waals surface area (Å²) in [4.78, 5) is 0. The van der Waals surface area contributed by atoms with Crippen molar-refractivity contribution in [2.45, 2.75) is 51.7 Å². The van der Waals surface area contributed by atoms with Gasteiger partial charge in [-0.2, -0.15) is 0 Å². The van der Waals surface area contributed by atoms with Gasteiger partial charge < -0.3 is 14.2 Å². The van der Waals surface area contributed by atoms with Crippen LogP contribution in [0.25, 0.3) is 0 Å². The molecule has 2 atom stereocenters. The fourth-order valence-corrected chi connectivity index (χ4v) is 6.40. The zero-order valence-corrected chi connectivity index (χ0v) is 16.3. The van der Waals surface area contributed by atoms with Gasteiger partial charge in [-0.05, 0) is 74.7 Å². The molecule has 0 aromatic rings. The summed E-state index contributed by atoms with van der Waals surface area (Å²) in [6.07, 6.45) is 16.1. The second-order valence-corrected chi connectivity index (χ2v) is 9.20. The van der Waals surface area contributed by atoms with Gasteiger partial charge in [-0.3, -0.25) is 0 Å². The molecule has 2 unspecified atom stereocenters. The Hall–Kier alpha value is -0.160. The maximum Gasteiger partial charge on any atom is 0.157 e. The Labute approximate surface area is 153 Å². The van der Waals surface area contributed by atoms with E-state index in [-0.39, 0.29) is 13.1 Å². The average Bonchev–Trinajstić information content (AvgIpc) is 2.53. The van der Waals surface area contributed by atoms with Crippen molar-refractivity contribution in [2.24, 2.45) is 29.1 Å². The Morgan fingerprint density at radius 3 is 2.38 bits per heavy atom. The monoisotopic (exact) mass is 395 g/mol. The van der Waals surface area contributed by atoms with Gasteiger partial charge in [-0.25, -0.2) is 0 Å². The lowest BCUT2D eigenvalue weighted by Crippen LogP contribution is -2.50. The minimum atomic E-state index is -0.241. The summed E-state index contributed by atoms with van der Waals surface area (Å²) >= 11 is 3.61. The molecule has 24 heavy (non-hydrogen) atoms. The van der Waals surface area contributed by atoms with Crippen molar-refractivity contribution in [3.63, 3.8) is 0 Å². The van der Waals surface area contributed by atoms with Crippen molar-refractivity contribution in [3.8, 4) is 0 Å². The van der Waals surface area contributed by atoms with Gasteiger partial charge in [0.05, 0.1) is 0 Å². The SMILES string of the molecule is COC(C)OCO[C]1C=C(Br)C=CC1C12CC3CC(CC(C3)C1)C2. The molecule has 4 heteroatoms. The van der Waals surface area contributed by atoms with Crippen LogP contribution in [0, 0.1) is 35.2 Å². The third-order valence-electron chi connectivity index (χ3n) is 6.64. The largest absolute Gasteiger partial charge is 0.356 e. The topological polar surface area (TPSA) is 27.7 Å². The summed E-state index contributed by atoms with van der Waals surface area (Å²) in [5.41, 5.74) is 0.414. The molecular weight excluding hydrogens is 368 g/mol. The summed E-state index contributed by atoms with van der Waals surface area (Å²) in [7, 11) is 1.65. The third-order valence-corrected chi connectivity index (χ3v) is 7.13. The fourth-order valence-electron chi connectivity index (χ4n) is 6.02. The van der Waals surface area contributed by atoms with Crippen LogP contribution in [0.15, 0.2) is 22.7 Å². The second kappa shape index (κ2) is 6.86. The lowest BCUT2D eigenvalue weighted by molar-refractivity contribution is -0.178. The van der Waals surface area contributed by atoms with E-state index in [9.17, 15) is 0 Å². The van der Waals surface area contributed by atoms with Crippen molar-refractivity contribution in [1.82, 2.24) is 0 Å². The number of hydrogen-bond donors (Lipinski definition) is 0. The highest BCUT2D eigenvalue weighted by Crippen LogP contribution is 2.64. The summed E-state index contributed by atoms with van der Waals surface area (Å²) in [5, 5.41) is 0. The molecule has 0 aromatic heterocycles. The van der Waals surface area contributed by atoms with Crippen LogP contribution in [0.3, 0.4) is 0 Å². The van der Waals surface area contributed by atoms with Gasteiger partial charge >= 0.3 is 0 Å². The maximum atomic E-state index is 6.08. The standard InChI is InChI=1S/C20H28BrO3/c1-13(22-2)23-12-24-19-8-17(21)3-4-18(19)20-9-14-5-15(10-20)7-16(6-14)11-20/h3-4,8,13-16,18H,5-7,9-12H2,1-2H3. The molecule has 0 aliphatic heterocycles. The van der Waals surface area contributed by atoms with E-state index in [1.165, 1.54) is 38.5 Å². The number of allylic oxidation sites excluding steroid dienone is 2. The van der Waals surface area contributed by atoms with Crippen LogP contribution < -0.4 is 0 Å². The minimum absolute atomic E-state index is 0.241. The number of ether oxygens (including phenoxy) is 3. The van der Waals surface area contributed by atoms with Gasteiger partial charge in [-0.1, -0.05) is 28.1 Å². The maximum absolute atomic E-state index is 6.08. The van der Waals surface area contributed by atoms with Gasteiger partial charge in [0.2, 0.25) is 0 Å². The summed E-state index contributed by atoms with van der Waals surface area (Å²) < 4.78 is 17.9. The quantitative estimate of drug-likeness (QED) is 0.579. The zero-order chi connectivity index (χ0) is 16.7. The van der Waals surface area contributed by atoms with E-state index in [2.05, 4.69) is 34.2 Å². The van der Waals surface area contributed by atoms with Crippen LogP contribution in [0.2, 0.25) is 0 Å². The Kier molecular flexibility index (Phi) is 4.94. The molecule has 1 radical (unpaired) electrons. The highest BCUT2D eigenvalue weighted by atomic mass is 79.9. The Bertz CT molecular complexity index is 492. The molecule has 3 nitrogen and oxygen atoms in total. The first-order valence-corrected chi connectivity index (χ1v) is 10.1. The number of methoxy groups -OCH3 is 1. The van der Waals surface area contributed by atoms with E-state index < -0.39 is 0 Å². The fraction of sp³-hybridized carbons (Fsp3) is 0.750. The van der Waals surface area contributed by atoms with E-state index >= 15 is 0 Å². The van der Waals surface area contributed by atoms with Crippen LogP contribution in [0.4, 0.5) is 0 Å². The second-order valence-electron chi connectivity index (χ2n) is 8.28. The van der Waals surface area contributed by atoms with Gasteiger partial charge in [0.25, 0.3) is 0 Å². The van der Waals surface area contributed by atoms with Crippen LogP contribution in [-0.2, 0) is 14.2 Å². The zero-order valence-electron chi connectivity index (χ0n) is 14.7. The van der Waals surface area contributed by atoms with Gasteiger partial charge in [0.15, 0.2) is 13.1 Å². The molecule has 4 saturated carbocycles. The normalized spacial score (nSPS) is 42.4. The van der Waals surface area contributed by atoms with Gasteiger partial charge in [0, 0.05) is 17.5 Å². The van der Waals surface area contributed by atoms with Crippen LogP contribution >= 0.6 is 15.9 Å². The smallest absolute Gasteiger partial charge is 0.157 e. The molecule has 0 amide bonds. The van der Waals surface area contributed by atoms with E-state index in [1.807, 2.05) is 6.92 Å². The predicted molar refractivity (Wildman–Crippen MR) is 97.0 cm³/mol. The summed E-state index contributed by atoms with van der Waals surface area (Å²) in [6, 6.07) is 0. The minimum Gasteiger partial charge on any atom is -0.356 e. The Morgan fingerprint density at radius 1 is 1.17 bits per heavy atom. The number of rotatable bonds is 6. The molecule has 0 aromatic carbocycles. The van der Waals surface area contributed by atoms with Gasteiger partial charge in [-0.15, -0.1) is 0 Å². The highest BCUT2D eigenvalue weighted by Gasteiger charge is 2.55. The van der Waals surface area contributed by atoms with E-state index in [0.717, 1.165) is 28.3 Å². The Morgan fingerprint density at radius 2 is 1.79 bits per heavy atom.